The van der Waals surface area contributed by atoms with Gasteiger partial charge in [-0.25, -0.2) is 9.97 Å². The highest BCUT2D eigenvalue weighted by Gasteiger charge is 2.18. The predicted molar refractivity (Wildman–Crippen MR) is 77.0 cm³/mol. The summed E-state index contributed by atoms with van der Waals surface area (Å²) in [5, 5.41) is 12.8. The van der Waals surface area contributed by atoms with Gasteiger partial charge in [-0.3, -0.25) is 0 Å². The van der Waals surface area contributed by atoms with E-state index in [1.807, 2.05) is 7.05 Å². The first-order valence-corrected chi connectivity index (χ1v) is 6.71. The molecule has 0 fully saturated rings. The summed E-state index contributed by atoms with van der Waals surface area (Å²) in [6, 6.07) is 4.96. The number of halogens is 1. The number of phenols is 1. The highest BCUT2D eigenvalue weighted by Crippen LogP contribution is 2.30. The number of benzene rings is 1. The van der Waals surface area contributed by atoms with Gasteiger partial charge < -0.3 is 15.2 Å². The van der Waals surface area contributed by atoms with Gasteiger partial charge in [-0.15, -0.1) is 0 Å². The van der Waals surface area contributed by atoms with E-state index in [9.17, 15) is 5.11 Å². The lowest BCUT2D eigenvalue weighted by atomic mass is 10.1. The number of nitrogens with zero attached hydrogens (tertiary/aromatic N) is 2. The van der Waals surface area contributed by atoms with Crippen LogP contribution in [0, 0.1) is 0 Å². The zero-order valence-electron chi connectivity index (χ0n) is 11.0. The van der Waals surface area contributed by atoms with E-state index in [4.69, 9.17) is 16.3 Å². The molecule has 0 saturated heterocycles. The van der Waals surface area contributed by atoms with Crippen LogP contribution in [0.15, 0.2) is 18.2 Å². The largest absolute Gasteiger partial charge is 0.506 e. The second-order valence-electron chi connectivity index (χ2n) is 4.54. The number of aromatic hydroxyl groups is 1. The maximum absolute atomic E-state index is 9.48. The fraction of sp³-hybridized carbons (Fsp3) is 0.286. The minimum Gasteiger partial charge on any atom is -0.506 e. The Bertz CT molecular complexity index is 644. The Balaban J connectivity index is 2.11. The number of hydrogen-bond donors (Lipinski definition) is 2. The van der Waals surface area contributed by atoms with Gasteiger partial charge in [-0.1, -0.05) is 11.6 Å². The third-order valence-electron chi connectivity index (χ3n) is 3.27. The van der Waals surface area contributed by atoms with Crippen LogP contribution in [0.2, 0.25) is 5.02 Å². The molecule has 1 aliphatic rings. The van der Waals surface area contributed by atoms with Crippen molar-refractivity contribution in [3.63, 3.8) is 0 Å². The molecule has 0 saturated carbocycles. The van der Waals surface area contributed by atoms with E-state index in [1.165, 1.54) is 0 Å². The molecule has 0 atom stereocenters. The van der Waals surface area contributed by atoms with Gasteiger partial charge in [0.1, 0.15) is 11.6 Å². The fourth-order valence-corrected chi connectivity index (χ4v) is 2.39. The van der Waals surface area contributed by atoms with Gasteiger partial charge in [-0.2, -0.15) is 0 Å². The summed E-state index contributed by atoms with van der Waals surface area (Å²) in [7, 11) is 1.82. The van der Waals surface area contributed by atoms with Crippen LogP contribution in [0.1, 0.15) is 11.3 Å². The molecule has 2 heterocycles. The summed E-state index contributed by atoms with van der Waals surface area (Å²) >= 11 is 5.94. The Kier molecular flexibility index (Phi) is 3.46. The molecule has 0 spiro atoms. The Morgan fingerprint density at radius 1 is 1.35 bits per heavy atom. The summed E-state index contributed by atoms with van der Waals surface area (Å²) in [5.41, 5.74) is 2.78. The van der Waals surface area contributed by atoms with Crippen LogP contribution in [-0.2, 0) is 17.8 Å². The topological polar surface area (TPSA) is 67.3 Å². The van der Waals surface area contributed by atoms with Gasteiger partial charge in [0.15, 0.2) is 5.82 Å². The molecule has 20 heavy (non-hydrogen) atoms. The zero-order valence-corrected chi connectivity index (χ0v) is 11.7. The monoisotopic (exact) mass is 291 g/mol. The number of ether oxygens (including phenoxy) is 1. The van der Waals surface area contributed by atoms with E-state index in [-0.39, 0.29) is 10.8 Å². The van der Waals surface area contributed by atoms with Crippen LogP contribution >= 0.6 is 11.6 Å². The molecule has 3 rings (SSSR count). The fourth-order valence-electron chi connectivity index (χ4n) is 2.21. The van der Waals surface area contributed by atoms with E-state index in [1.54, 1.807) is 18.2 Å². The minimum atomic E-state index is 0.0515. The quantitative estimate of drug-likeness (QED) is 0.890. The van der Waals surface area contributed by atoms with Crippen LogP contribution in [-0.4, -0.2) is 28.7 Å². The van der Waals surface area contributed by atoms with Crippen molar-refractivity contribution in [3.8, 4) is 17.1 Å². The summed E-state index contributed by atoms with van der Waals surface area (Å²) < 4.78 is 5.44. The molecule has 1 aromatic heterocycles. The molecule has 0 bridgehead atoms. The molecule has 2 N–H and O–H groups in total. The molecule has 2 aromatic rings. The lowest BCUT2D eigenvalue weighted by Gasteiger charge is -2.19. The highest BCUT2D eigenvalue weighted by molar-refractivity contribution is 6.32. The molecule has 1 aliphatic heterocycles. The zero-order chi connectivity index (χ0) is 14.1. The summed E-state index contributed by atoms with van der Waals surface area (Å²) in [4.78, 5) is 9.09. The average Bonchev–Trinajstić information content (AvgIpc) is 2.49. The van der Waals surface area contributed by atoms with Crippen LogP contribution in [0.25, 0.3) is 11.4 Å². The maximum Gasteiger partial charge on any atom is 0.161 e. The first-order chi connectivity index (χ1) is 9.69. The standard InChI is InChI=1S/C14H14ClN3O2/c1-16-14-9-7-20-5-4-11(9)17-13(18-14)8-2-3-12(19)10(15)6-8/h2-3,6,19H,4-5,7H2,1H3,(H,16,17,18). The van der Waals surface area contributed by atoms with Crippen LogP contribution in [0.4, 0.5) is 5.82 Å². The molecule has 0 radical (unpaired) electrons. The maximum atomic E-state index is 9.48. The van der Waals surface area contributed by atoms with Gasteiger partial charge >= 0.3 is 0 Å². The lowest BCUT2D eigenvalue weighted by molar-refractivity contribution is 0.109. The van der Waals surface area contributed by atoms with Gasteiger partial charge in [0, 0.05) is 24.6 Å². The number of anilines is 1. The van der Waals surface area contributed by atoms with Gasteiger partial charge in [0.2, 0.25) is 0 Å². The smallest absolute Gasteiger partial charge is 0.161 e. The predicted octanol–water partition coefficient (Wildman–Crippen LogP) is 2.62. The van der Waals surface area contributed by atoms with E-state index < -0.39 is 0 Å². The number of rotatable bonds is 2. The van der Waals surface area contributed by atoms with Crippen molar-refractivity contribution < 1.29 is 9.84 Å². The van der Waals surface area contributed by atoms with Gasteiger partial charge in [0.05, 0.1) is 23.9 Å². The highest BCUT2D eigenvalue weighted by atomic mass is 35.5. The number of phenolic OH excluding ortho intramolecular Hbond substituents is 1. The number of nitrogens with one attached hydrogen (secondary N) is 1. The van der Waals surface area contributed by atoms with Crippen molar-refractivity contribution in [1.29, 1.82) is 0 Å². The molecule has 0 aliphatic carbocycles. The molecule has 0 unspecified atom stereocenters. The third kappa shape index (κ3) is 2.30. The van der Waals surface area contributed by atoms with Crippen LogP contribution < -0.4 is 5.32 Å². The van der Waals surface area contributed by atoms with E-state index in [0.717, 1.165) is 29.1 Å². The molecular formula is C14H14ClN3O2. The van der Waals surface area contributed by atoms with Crippen molar-refractivity contribution in [3.05, 3.63) is 34.5 Å². The molecule has 1 aromatic carbocycles. The Morgan fingerprint density at radius 2 is 2.20 bits per heavy atom. The SMILES string of the molecule is CNc1nc(-c2ccc(O)c(Cl)c2)nc2c1COCC2. The Hall–Kier alpha value is -1.85. The minimum absolute atomic E-state index is 0.0515. The molecular weight excluding hydrogens is 278 g/mol. The lowest BCUT2D eigenvalue weighted by Crippen LogP contribution is -2.16. The second kappa shape index (κ2) is 5.26. The molecule has 6 heteroatoms. The van der Waals surface area contributed by atoms with E-state index >= 15 is 0 Å². The Labute approximate surface area is 121 Å². The van der Waals surface area contributed by atoms with Crippen molar-refractivity contribution in [2.75, 3.05) is 19.0 Å². The summed E-state index contributed by atoms with van der Waals surface area (Å²) in [5.74, 6) is 1.42. The van der Waals surface area contributed by atoms with Gasteiger partial charge in [0.25, 0.3) is 0 Å². The van der Waals surface area contributed by atoms with E-state index in [2.05, 4.69) is 15.3 Å². The number of hydrogen-bond acceptors (Lipinski definition) is 5. The average molecular weight is 292 g/mol. The van der Waals surface area contributed by atoms with Crippen LogP contribution in [0.5, 0.6) is 5.75 Å². The normalized spacial score (nSPS) is 13.9. The van der Waals surface area contributed by atoms with Gasteiger partial charge in [-0.05, 0) is 18.2 Å². The molecule has 104 valence electrons. The van der Waals surface area contributed by atoms with Crippen molar-refractivity contribution in [1.82, 2.24) is 9.97 Å². The first kappa shape index (κ1) is 13.1. The molecule has 5 nitrogen and oxygen atoms in total. The summed E-state index contributed by atoms with van der Waals surface area (Å²) in [6.07, 6.45) is 0.769. The Morgan fingerprint density at radius 3 is 2.95 bits per heavy atom. The van der Waals surface area contributed by atoms with Crippen molar-refractivity contribution in [2.24, 2.45) is 0 Å². The summed E-state index contributed by atoms with van der Waals surface area (Å²) in [6.45, 7) is 1.20. The van der Waals surface area contributed by atoms with Crippen molar-refractivity contribution >= 4 is 17.4 Å². The van der Waals surface area contributed by atoms with Crippen molar-refractivity contribution in [2.45, 2.75) is 13.0 Å². The molecule has 0 amide bonds. The first-order valence-electron chi connectivity index (χ1n) is 6.33. The number of fused-ring (bicyclic) bond motifs is 1. The van der Waals surface area contributed by atoms with E-state index in [0.29, 0.717) is 19.0 Å². The second-order valence-corrected chi connectivity index (χ2v) is 4.95. The number of aromatic nitrogens is 2. The van der Waals surface area contributed by atoms with Crippen LogP contribution in [0.3, 0.4) is 0 Å². The third-order valence-corrected chi connectivity index (χ3v) is 3.57.